The molecule has 3 aromatic heterocycles. The molecule has 60 heavy (non-hydrogen) atoms. The fourth-order valence-electron chi connectivity index (χ4n) is 8.85. The Morgan fingerprint density at radius 1 is 0.250 bits per heavy atom. The number of hydrogen-bond donors (Lipinski definition) is 0. The average Bonchev–Trinajstić information content (AvgIpc) is 3.66. The van der Waals surface area contributed by atoms with Gasteiger partial charge < -0.3 is 0 Å². The van der Waals surface area contributed by atoms with Crippen LogP contribution in [0.3, 0.4) is 0 Å². The SMILES string of the molecule is c1ccc(-c2ccc(-c3cc(-c4ccc5c(c4)-c4cccc6c(-c7ccc8ccc9ccc(-c%10ccccc%10)nc9c8n7)ccc-5c46)nc(-c4ccccc4)n3)cc2)cc1. The van der Waals surface area contributed by atoms with Crippen LogP contribution in [0.5, 0.6) is 0 Å². The first-order chi connectivity index (χ1) is 29.7. The van der Waals surface area contributed by atoms with Crippen molar-refractivity contribution in [3.63, 3.8) is 0 Å². The van der Waals surface area contributed by atoms with Crippen molar-refractivity contribution in [1.82, 2.24) is 19.9 Å². The highest BCUT2D eigenvalue weighted by Gasteiger charge is 2.24. The highest BCUT2D eigenvalue weighted by molar-refractivity contribution is 6.19. The summed E-state index contributed by atoms with van der Waals surface area (Å²) in [4.78, 5) is 20.8. The zero-order chi connectivity index (χ0) is 39.6. The summed E-state index contributed by atoms with van der Waals surface area (Å²) in [5.41, 5.74) is 18.0. The predicted octanol–water partition coefficient (Wildman–Crippen LogP) is 14.4. The summed E-state index contributed by atoms with van der Waals surface area (Å²) in [6.07, 6.45) is 0. The Balaban J connectivity index is 0.959. The van der Waals surface area contributed by atoms with E-state index in [9.17, 15) is 0 Å². The molecule has 0 unspecified atom stereocenters. The summed E-state index contributed by atoms with van der Waals surface area (Å²) in [5.74, 6) is 0.702. The summed E-state index contributed by atoms with van der Waals surface area (Å²) < 4.78 is 0. The lowest BCUT2D eigenvalue weighted by Crippen LogP contribution is -1.96. The minimum atomic E-state index is 0.702. The van der Waals surface area contributed by atoms with Crippen LogP contribution in [0.25, 0.3) is 122 Å². The second kappa shape index (κ2) is 13.8. The molecule has 4 nitrogen and oxygen atoms in total. The number of hydrogen-bond acceptors (Lipinski definition) is 4. The average molecular weight is 763 g/mol. The van der Waals surface area contributed by atoms with Gasteiger partial charge in [0.1, 0.15) is 0 Å². The zero-order valence-corrected chi connectivity index (χ0v) is 32.4. The molecule has 0 aliphatic heterocycles. The fraction of sp³-hybridized carbons (Fsp3) is 0. The highest BCUT2D eigenvalue weighted by atomic mass is 14.9. The van der Waals surface area contributed by atoms with Crippen molar-refractivity contribution in [3.05, 3.63) is 206 Å². The quantitative estimate of drug-likeness (QED) is 0.158. The molecule has 0 fully saturated rings. The van der Waals surface area contributed by atoms with Crippen LogP contribution in [0.2, 0.25) is 0 Å². The van der Waals surface area contributed by atoms with E-state index in [1.165, 1.54) is 44.2 Å². The summed E-state index contributed by atoms with van der Waals surface area (Å²) in [7, 11) is 0. The van der Waals surface area contributed by atoms with Crippen molar-refractivity contribution >= 4 is 32.6 Å². The summed E-state index contributed by atoms with van der Waals surface area (Å²) in [6.45, 7) is 0. The Morgan fingerprint density at radius 3 is 1.47 bits per heavy atom. The molecule has 4 heteroatoms. The second-order valence-corrected chi connectivity index (χ2v) is 15.4. The van der Waals surface area contributed by atoms with Crippen LogP contribution in [0.4, 0.5) is 0 Å². The molecule has 12 rings (SSSR count). The largest absolute Gasteiger partial charge is 0.245 e. The zero-order valence-electron chi connectivity index (χ0n) is 32.4. The minimum Gasteiger partial charge on any atom is -0.245 e. The number of fused-ring (bicyclic) bond motifs is 6. The van der Waals surface area contributed by atoms with Gasteiger partial charge in [0, 0.05) is 38.6 Å². The molecule has 1 aliphatic carbocycles. The lowest BCUT2D eigenvalue weighted by molar-refractivity contribution is 1.18. The molecule has 0 saturated heterocycles. The van der Waals surface area contributed by atoms with Gasteiger partial charge in [0.25, 0.3) is 0 Å². The predicted molar refractivity (Wildman–Crippen MR) is 247 cm³/mol. The first-order valence-electron chi connectivity index (χ1n) is 20.3. The third kappa shape index (κ3) is 5.69. The summed E-state index contributed by atoms with van der Waals surface area (Å²) in [6, 6.07) is 72.6. The third-order valence-electron chi connectivity index (χ3n) is 11.8. The van der Waals surface area contributed by atoms with Gasteiger partial charge in [0.05, 0.1) is 33.8 Å². The second-order valence-electron chi connectivity index (χ2n) is 15.4. The van der Waals surface area contributed by atoms with Gasteiger partial charge in [-0.05, 0) is 68.4 Å². The number of benzene rings is 8. The van der Waals surface area contributed by atoms with Crippen LogP contribution >= 0.6 is 0 Å². The van der Waals surface area contributed by atoms with Gasteiger partial charge in [-0.25, -0.2) is 19.9 Å². The minimum absolute atomic E-state index is 0.702. The number of rotatable bonds is 6. The van der Waals surface area contributed by atoms with E-state index < -0.39 is 0 Å². The molecule has 11 aromatic rings. The molecule has 0 bridgehead atoms. The van der Waals surface area contributed by atoms with Crippen molar-refractivity contribution < 1.29 is 0 Å². The Hall–Kier alpha value is -8.08. The van der Waals surface area contributed by atoms with Gasteiger partial charge in [-0.15, -0.1) is 0 Å². The first kappa shape index (κ1) is 34.0. The number of aromatic nitrogens is 4. The van der Waals surface area contributed by atoms with Crippen LogP contribution < -0.4 is 0 Å². The van der Waals surface area contributed by atoms with Crippen LogP contribution in [0.1, 0.15) is 0 Å². The molecule has 0 radical (unpaired) electrons. The van der Waals surface area contributed by atoms with Crippen LogP contribution in [-0.4, -0.2) is 19.9 Å². The standard InChI is InChI=1S/C56H34N4/c1-4-11-35(12-5-1)36-19-21-38(22-20-36)51-34-52(60-56(59-51)41-15-8-3-9-16-41)42-25-28-43-47-30-29-44(45-17-10-18-46(53(45)47)48(43)33-42)50-32-27-40-24-23-39-26-31-49(37-13-6-2-7-14-37)57-54(39)55(40)58-50/h1-34H. The van der Waals surface area contributed by atoms with Crippen LogP contribution in [0.15, 0.2) is 206 Å². The van der Waals surface area contributed by atoms with E-state index in [1.807, 2.05) is 30.3 Å². The van der Waals surface area contributed by atoms with E-state index in [0.29, 0.717) is 5.82 Å². The van der Waals surface area contributed by atoms with Gasteiger partial charge in [0.15, 0.2) is 5.82 Å². The Bertz CT molecular complexity index is 3450. The lowest BCUT2D eigenvalue weighted by Gasteiger charge is -2.11. The van der Waals surface area contributed by atoms with E-state index >= 15 is 0 Å². The van der Waals surface area contributed by atoms with Crippen molar-refractivity contribution in [3.8, 4) is 89.8 Å². The van der Waals surface area contributed by atoms with Crippen molar-refractivity contribution in [2.45, 2.75) is 0 Å². The molecule has 0 amide bonds. The summed E-state index contributed by atoms with van der Waals surface area (Å²) in [5, 5.41) is 4.58. The summed E-state index contributed by atoms with van der Waals surface area (Å²) >= 11 is 0. The molecule has 0 atom stereocenters. The molecule has 0 N–H and O–H groups in total. The number of nitrogens with zero attached hydrogens (tertiary/aromatic N) is 4. The number of pyridine rings is 2. The van der Waals surface area contributed by atoms with E-state index in [2.05, 4.69) is 176 Å². The molecule has 0 spiro atoms. The maximum absolute atomic E-state index is 5.35. The molecule has 8 aromatic carbocycles. The van der Waals surface area contributed by atoms with E-state index in [0.717, 1.165) is 72.4 Å². The molecule has 278 valence electrons. The Kier molecular flexibility index (Phi) is 7.82. The fourth-order valence-corrected chi connectivity index (χ4v) is 8.85. The molecular formula is C56H34N4. The third-order valence-corrected chi connectivity index (χ3v) is 11.8. The van der Waals surface area contributed by atoms with Gasteiger partial charge in [0.2, 0.25) is 0 Å². The lowest BCUT2D eigenvalue weighted by atomic mass is 9.96. The van der Waals surface area contributed by atoms with Gasteiger partial charge in [-0.1, -0.05) is 182 Å². The van der Waals surface area contributed by atoms with E-state index in [1.54, 1.807) is 0 Å². The smallest absolute Gasteiger partial charge is 0.160 e. The van der Waals surface area contributed by atoms with Crippen LogP contribution in [0, 0.1) is 0 Å². The van der Waals surface area contributed by atoms with Gasteiger partial charge >= 0.3 is 0 Å². The molecule has 1 aliphatic rings. The van der Waals surface area contributed by atoms with Gasteiger partial charge in [-0.2, -0.15) is 0 Å². The van der Waals surface area contributed by atoms with Crippen LogP contribution in [-0.2, 0) is 0 Å². The van der Waals surface area contributed by atoms with Crippen molar-refractivity contribution in [2.75, 3.05) is 0 Å². The topological polar surface area (TPSA) is 51.6 Å². The van der Waals surface area contributed by atoms with Crippen molar-refractivity contribution in [1.29, 1.82) is 0 Å². The maximum Gasteiger partial charge on any atom is 0.160 e. The highest BCUT2D eigenvalue weighted by Crippen LogP contribution is 2.50. The molecular weight excluding hydrogens is 729 g/mol. The maximum atomic E-state index is 5.35. The molecule has 0 saturated carbocycles. The first-order valence-corrected chi connectivity index (χ1v) is 20.3. The monoisotopic (exact) mass is 762 g/mol. The van der Waals surface area contributed by atoms with E-state index in [4.69, 9.17) is 19.9 Å². The Labute approximate surface area is 347 Å². The molecule has 3 heterocycles. The Morgan fingerprint density at radius 2 is 0.750 bits per heavy atom. The van der Waals surface area contributed by atoms with Crippen molar-refractivity contribution in [2.24, 2.45) is 0 Å². The van der Waals surface area contributed by atoms with E-state index in [-0.39, 0.29) is 0 Å². The van der Waals surface area contributed by atoms with Gasteiger partial charge in [-0.3, -0.25) is 0 Å². The normalized spacial score (nSPS) is 11.7.